The molecule has 1 saturated carbocycles. The van der Waals surface area contributed by atoms with Crippen LogP contribution in [0.15, 0.2) is 24.3 Å². The van der Waals surface area contributed by atoms with Gasteiger partial charge < -0.3 is 11.1 Å². The summed E-state index contributed by atoms with van der Waals surface area (Å²) in [4.78, 5) is 12.1. The first-order chi connectivity index (χ1) is 9.74. The molecule has 0 aliphatic heterocycles. The maximum absolute atomic E-state index is 12.1. The summed E-state index contributed by atoms with van der Waals surface area (Å²) in [5.41, 5.74) is 8.66. The molecule has 0 radical (unpaired) electrons. The number of rotatable bonds is 4. The first kappa shape index (κ1) is 13.6. The van der Waals surface area contributed by atoms with E-state index in [1.165, 1.54) is 36.8 Å². The van der Waals surface area contributed by atoms with Crippen molar-refractivity contribution < 1.29 is 4.79 Å². The number of hydrogen-bond acceptors (Lipinski definition) is 2. The van der Waals surface area contributed by atoms with Crippen LogP contribution in [-0.4, -0.2) is 11.9 Å². The van der Waals surface area contributed by atoms with E-state index in [1.54, 1.807) is 0 Å². The van der Waals surface area contributed by atoms with Crippen molar-refractivity contribution in [2.45, 2.75) is 57.0 Å². The average Bonchev–Trinajstić information content (AvgIpc) is 3.06. The van der Waals surface area contributed by atoms with Gasteiger partial charge in [0.25, 0.3) is 0 Å². The van der Waals surface area contributed by atoms with Gasteiger partial charge in [-0.3, -0.25) is 4.79 Å². The Labute approximate surface area is 120 Å². The van der Waals surface area contributed by atoms with Gasteiger partial charge in [-0.25, -0.2) is 0 Å². The lowest BCUT2D eigenvalue weighted by atomic mass is 10.0. The summed E-state index contributed by atoms with van der Waals surface area (Å²) < 4.78 is 0. The smallest absolute Gasteiger partial charge is 0.220 e. The number of nitrogens with one attached hydrogen (secondary N) is 1. The van der Waals surface area contributed by atoms with Gasteiger partial charge in [0.1, 0.15) is 0 Å². The normalized spacial score (nSPS) is 25.6. The fourth-order valence-corrected chi connectivity index (χ4v) is 3.69. The summed E-state index contributed by atoms with van der Waals surface area (Å²) in [6.45, 7) is 0. The molecule has 2 aliphatic carbocycles. The molecule has 1 amide bonds. The highest BCUT2D eigenvalue weighted by Gasteiger charge is 2.30. The number of carbonyl (C=O) groups is 1. The Morgan fingerprint density at radius 1 is 1.25 bits per heavy atom. The average molecular weight is 272 g/mol. The summed E-state index contributed by atoms with van der Waals surface area (Å²) in [6, 6.07) is 8.28. The molecule has 20 heavy (non-hydrogen) atoms. The van der Waals surface area contributed by atoms with Crippen molar-refractivity contribution in [2.75, 3.05) is 0 Å². The third-order valence-corrected chi connectivity index (χ3v) is 4.84. The fourth-order valence-electron chi connectivity index (χ4n) is 3.69. The zero-order valence-electron chi connectivity index (χ0n) is 12.0. The SMILES string of the molecule is NC1Cc2ccccc2C1NC(=O)CCC1CCCC1. The molecular formula is C17H24N2O. The summed E-state index contributed by atoms with van der Waals surface area (Å²) in [5, 5.41) is 3.14. The highest BCUT2D eigenvalue weighted by molar-refractivity contribution is 5.76. The van der Waals surface area contributed by atoms with Gasteiger partial charge in [0.2, 0.25) is 5.91 Å². The summed E-state index contributed by atoms with van der Waals surface area (Å²) in [7, 11) is 0. The third-order valence-electron chi connectivity index (χ3n) is 4.84. The van der Waals surface area contributed by atoms with Crippen LogP contribution >= 0.6 is 0 Å². The Kier molecular flexibility index (Phi) is 4.06. The summed E-state index contributed by atoms with van der Waals surface area (Å²) >= 11 is 0. The highest BCUT2D eigenvalue weighted by atomic mass is 16.1. The second-order valence-corrected chi connectivity index (χ2v) is 6.30. The van der Waals surface area contributed by atoms with Gasteiger partial charge >= 0.3 is 0 Å². The molecule has 2 atom stereocenters. The van der Waals surface area contributed by atoms with E-state index < -0.39 is 0 Å². The van der Waals surface area contributed by atoms with E-state index in [0.29, 0.717) is 6.42 Å². The van der Waals surface area contributed by atoms with Crippen LogP contribution in [0, 0.1) is 5.92 Å². The molecule has 3 rings (SSSR count). The number of amides is 1. The molecule has 3 nitrogen and oxygen atoms in total. The number of carbonyl (C=O) groups excluding carboxylic acids is 1. The monoisotopic (exact) mass is 272 g/mol. The van der Waals surface area contributed by atoms with Crippen molar-refractivity contribution in [2.24, 2.45) is 11.7 Å². The molecule has 2 unspecified atom stereocenters. The van der Waals surface area contributed by atoms with Crippen LogP contribution in [0.2, 0.25) is 0 Å². The molecule has 3 heteroatoms. The Balaban J connectivity index is 1.55. The van der Waals surface area contributed by atoms with E-state index in [-0.39, 0.29) is 18.0 Å². The maximum atomic E-state index is 12.1. The third kappa shape index (κ3) is 2.88. The van der Waals surface area contributed by atoms with Crippen LogP contribution in [0.4, 0.5) is 0 Å². The van der Waals surface area contributed by atoms with Crippen LogP contribution in [0.3, 0.4) is 0 Å². The fraction of sp³-hybridized carbons (Fsp3) is 0.588. The minimum absolute atomic E-state index is 0.00211. The van der Waals surface area contributed by atoms with E-state index in [2.05, 4.69) is 17.4 Å². The number of hydrogen-bond donors (Lipinski definition) is 2. The molecule has 1 aromatic rings. The van der Waals surface area contributed by atoms with Crippen LogP contribution < -0.4 is 11.1 Å². The summed E-state index contributed by atoms with van der Waals surface area (Å²) in [6.07, 6.45) is 7.84. The Bertz CT molecular complexity index is 480. The highest BCUT2D eigenvalue weighted by Crippen LogP contribution is 2.31. The lowest BCUT2D eigenvalue weighted by Crippen LogP contribution is -2.38. The maximum Gasteiger partial charge on any atom is 0.220 e. The molecule has 108 valence electrons. The van der Waals surface area contributed by atoms with Gasteiger partial charge in [0.15, 0.2) is 0 Å². The van der Waals surface area contributed by atoms with Gasteiger partial charge in [-0.15, -0.1) is 0 Å². The molecule has 1 aromatic carbocycles. The van der Waals surface area contributed by atoms with E-state index in [1.807, 2.05) is 12.1 Å². The van der Waals surface area contributed by atoms with Gasteiger partial charge in [-0.2, -0.15) is 0 Å². The minimum atomic E-state index is 0.00211. The zero-order chi connectivity index (χ0) is 13.9. The second kappa shape index (κ2) is 5.96. The van der Waals surface area contributed by atoms with E-state index in [9.17, 15) is 4.79 Å². The Morgan fingerprint density at radius 2 is 2.00 bits per heavy atom. The minimum Gasteiger partial charge on any atom is -0.348 e. The number of nitrogens with two attached hydrogens (primary N) is 1. The van der Waals surface area contributed by atoms with Gasteiger partial charge in [-0.1, -0.05) is 49.9 Å². The van der Waals surface area contributed by atoms with Crippen molar-refractivity contribution in [3.05, 3.63) is 35.4 Å². The molecule has 0 heterocycles. The van der Waals surface area contributed by atoms with Gasteiger partial charge in [0.05, 0.1) is 6.04 Å². The summed E-state index contributed by atoms with van der Waals surface area (Å²) in [5.74, 6) is 0.930. The quantitative estimate of drug-likeness (QED) is 0.885. The standard InChI is InChI=1S/C17H24N2O/c18-15-11-13-7-3-4-8-14(13)17(15)19-16(20)10-9-12-5-1-2-6-12/h3-4,7-8,12,15,17H,1-2,5-6,9-11,18H2,(H,19,20). The molecule has 3 N–H and O–H groups in total. The topological polar surface area (TPSA) is 55.1 Å². The number of fused-ring (bicyclic) bond motifs is 1. The predicted octanol–water partition coefficient (Wildman–Crippen LogP) is 2.70. The number of benzene rings is 1. The largest absolute Gasteiger partial charge is 0.348 e. The van der Waals surface area contributed by atoms with Crippen LogP contribution in [0.5, 0.6) is 0 Å². The van der Waals surface area contributed by atoms with Crippen molar-refractivity contribution >= 4 is 5.91 Å². The molecule has 0 aromatic heterocycles. The Morgan fingerprint density at radius 3 is 2.80 bits per heavy atom. The van der Waals surface area contributed by atoms with Crippen LogP contribution in [0.25, 0.3) is 0 Å². The molecule has 0 spiro atoms. The van der Waals surface area contributed by atoms with E-state index >= 15 is 0 Å². The van der Waals surface area contributed by atoms with Crippen molar-refractivity contribution in [1.82, 2.24) is 5.32 Å². The molecule has 2 aliphatic rings. The van der Waals surface area contributed by atoms with Crippen molar-refractivity contribution in [3.8, 4) is 0 Å². The zero-order valence-corrected chi connectivity index (χ0v) is 12.0. The van der Waals surface area contributed by atoms with E-state index in [4.69, 9.17) is 5.73 Å². The Hall–Kier alpha value is -1.35. The first-order valence-corrected chi connectivity index (χ1v) is 7.87. The molecule has 1 fully saturated rings. The lowest BCUT2D eigenvalue weighted by Gasteiger charge is -2.19. The van der Waals surface area contributed by atoms with Gasteiger partial charge in [0, 0.05) is 12.5 Å². The van der Waals surface area contributed by atoms with Crippen LogP contribution in [0.1, 0.15) is 55.7 Å². The molecule has 0 saturated heterocycles. The molecule has 0 bridgehead atoms. The first-order valence-electron chi connectivity index (χ1n) is 7.87. The van der Waals surface area contributed by atoms with Crippen molar-refractivity contribution in [3.63, 3.8) is 0 Å². The van der Waals surface area contributed by atoms with Crippen molar-refractivity contribution in [1.29, 1.82) is 0 Å². The lowest BCUT2D eigenvalue weighted by molar-refractivity contribution is -0.122. The van der Waals surface area contributed by atoms with Gasteiger partial charge in [-0.05, 0) is 29.9 Å². The van der Waals surface area contributed by atoms with E-state index in [0.717, 1.165) is 18.8 Å². The van der Waals surface area contributed by atoms with Crippen LogP contribution in [-0.2, 0) is 11.2 Å². The second-order valence-electron chi connectivity index (χ2n) is 6.30. The predicted molar refractivity (Wildman–Crippen MR) is 80.2 cm³/mol. The molecular weight excluding hydrogens is 248 g/mol.